The van der Waals surface area contributed by atoms with Crippen LogP contribution in [0.2, 0.25) is 0 Å². The van der Waals surface area contributed by atoms with Crippen molar-refractivity contribution in [3.63, 3.8) is 0 Å². The lowest BCUT2D eigenvalue weighted by molar-refractivity contribution is -0.151. The summed E-state index contributed by atoms with van der Waals surface area (Å²) in [5.41, 5.74) is 0.853. The molecule has 150 valence electrons. The van der Waals surface area contributed by atoms with Crippen LogP contribution in [0.5, 0.6) is 0 Å². The van der Waals surface area contributed by atoms with E-state index >= 15 is 0 Å². The van der Waals surface area contributed by atoms with Gasteiger partial charge in [-0.15, -0.1) is 11.3 Å². The van der Waals surface area contributed by atoms with Gasteiger partial charge in [-0.25, -0.2) is 4.79 Å². The smallest absolute Gasteiger partial charge is 0.336 e. The molecule has 0 radical (unpaired) electrons. The minimum Gasteiger partial charge on any atom is -0.463 e. The number of nitrogens with zero attached hydrogens (tertiary/aromatic N) is 1. The van der Waals surface area contributed by atoms with Gasteiger partial charge in [0.1, 0.15) is 5.60 Å². The van der Waals surface area contributed by atoms with E-state index in [0.717, 1.165) is 4.88 Å². The molecule has 0 aromatic carbocycles. The molecule has 0 fully saturated rings. The Morgan fingerprint density at radius 1 is 1.39 bits per heavy atom. The van der Waals surface area contributed by atoms with E-state index in [2.05, 4.69) is 11.4 Å². The van der Waals surface area contributed by atoms with Crippen LogP contribution < -0.4 is 5.32 Å². The summed E-state index contributed by atoms with van der Waals surface area (Å²) in [5, 5.41) is 15.4. The van der Waals surface area contributed by atoms with Crippen LogP contribution in [0.15, 0.2) is 39.4 Å². The van der Waals surface area contributed by atoms with Crippen LogP contribution in [0.4, 0.5) is 0 Å². The van der Waals surface area contributed by atoms with Crippen molar-refractivity contribution >= 4 is 35.0 Å². The first-order chi connectivity index (χ1) is 13.2. The number of nitrogens with one attached hydrogen (secondary N) is 1. The number of dihydropyridines is 1. The molecule has 0 spiro atoms. The number of hydrogen-bond acceptors (Lipinski definition) is 8. The molecule has 6 nitrogen and oxygen atoms in total. The van der Waals surface area contributed by atoms with Gasteiger partial charge >= 0.3 is 11.9 Å². The van der Waals surface area contributed by atoms with Gasteiger partial charge in [0.25, 0.3) is 0 Å². The molecule has 0 bridgehead atoms. The van der Waals surface area contributed by atoms with Gasteiger partial charge in [-0.1, -0.05) is 17.8 Å². The molecule has 1 atom stereocenters. The summed E-state index contributed by atoms with van der Waals surface area (Å²) >= 11 is 2.67. The Bertz CT molecular complexity index is 843. The van der Waals surface area contributed by atoms with Crippen LogP contribution in [-0.4, -0.2) is 29.9 Å². The van der Waals surface area contributed by atoms with Crippen molar-refractivity contribution in [2.45, 2.75) is 46.1 Å². The Morgan fingerprint density at radius 2 is 2.11 bits per heavy atom. The molecule has 0 aliphatic carbocycles. The van der Waals surface area contributed by atoms with Gasteiger partial charge in [0.05, 0.1) is 40.5 Å². The number of ether oxygens (including phenoxy) is 2. The van der Waals surface area contributed by atoms with Gasteiger partial charge in [0.2, 0.25) is 0 Å². The molecule has 1 aromatic heterocycles. The Labute approximate surface area is 173 Å². The fourth-order valence-corrected chi connectivity index (χ4v) is 4.46. The molecule has 1 N–H and O–H groups in total. The molecular weight excluding hydrogens is 396 g/mol. The van der Waals surface area contributed by atoms with Gasteiger partial charge in [-0.2, -0.15) is 5.26 Å². The monoisotopic (exact) mass is 420 g/mol. The minimum atomic E-state index is -0.573. The highest BCUT2D eigenvalue weighted by Crippen LogP contribution is 2.42. The number of thioether (sulfide) groups is 1. The number of esters is 2. The first-order valence-electron chi connectivity index (χ1n) is 8.85. The second kappa shape index (κ2) is 9.30. The van der Waals surface area contributed by atoms with Gasteiger partial charge in [0, 0.05) is 10.6 Å². The molecule has 1 aliphatic heterocycles. The highest BCUT2D eigenvalue weighted by molar-refractivity contribution is 8.03. The molecule has 2 rings (SSSR count). The van der Waals surface area contributed by atoms with Crippen LogP contribution in [0, 0.1) is 11.3 Å². The van der Waals surface area contributed by atoms with Crippen LogP contribution >= 0.6 is 23.1 Å². The zero-order valence-electron chi connectivity index (χ0n) is 16.6. The summed E-state index contributed by atoms with van der Waals surface area (Å²) in [6.07, 6.45) is 0. The Kier molecular flexibility index (Phi) is 7.33. The topological polar surface area (TPSA) is 88.4 Å². The van der Waals surface area contributed by atoms with Crippen molar-refractivity contribution in [3.05, 3.63) is 44.3 Å². The lowest BCUT2D eigenvalue weighted by Gasteiger charge is -2.28. The zero-order chi connectivity index (χ0) is 20.9. The summed E-state index contributed by atoms with van der Waals surface area (Å²) in [7, 11) is 0. The SMILES string of the molecule is CCOC(=O)C1=C(C)NC(SCC(=O)OC(C)(C)C)=C(C#N)[C@H]1c1cccs1. The van der Waals surface area contributed by atoms with E-state index in [1.807, 2.05) is 17.5 Å². The standard InChI is InChI=1S/C20H24N2O4S2/c1-6-25-19(24)16-12(2)22-18(28-11-15(23)26-20(3,4)5)13(10-21)17(16)14-8-7-9-27-14/h7-9,17,22H,6,11H2,1-5H3/t17-/m0/s1. The predicted molar refractivity (Wildman–Crippen MR) is 110 cm³/mol. The van der Waals surface area contributed by atoms with E-state index in [-0.39, 0.29) is 18.3 Å². The quantitative estimate of drug-likeness (QED) is 0.694. The first kappa shape index (κ1) is 22.1. The molecular formula is C20H24N2O4S2. The molecule has 8 heteroatoms. The average Bonchev–Trinajstić information content (AvgIpc) is 3.12. The Hall–Kier alpha value is -2.24. The molecule has 28 heavy (non-hydrogen) atoms. The number of nitriles is 1. The van der Waals surface area contributed by atoms with Gasteiger partial charge < -0.3 is 14.8 Å². The van der Waals surface area contributed by atoms with Crippen molar-refractivity contribution < 1.29 is 19.1 Å². The molecule has 0 saturated heterocycles. The molecule has 0 saturated carbocycles. The fourth-order valence-electron chi connectivity index (χ4n) is 2.75. The number of carbonyl (C=O) groups is 2. The molecule has 2 heterocycles. The van der Waals surface area contributed by atoms with E-state index < -0.39 is 17.5 Å². The van der Waals surface area contributed by atoms with Gasteiger partial charge in [-0.05, 0) is 46.1 Å². The first-order valence-corrected chi connectivity index (χ1v) is 10.7. The van der Waals surface area contributed by atoms with Crippen molar-refractivity contribution in [3.8, 4) is 6.07 Å². The number of thiophene rings is 1. The predicted octanol–water partition coefficient (Wildman–Crippen LogP) is 4.08. The van der Waals surface area contributed by atoms with Crippen molar-refractivity contribution in [1.29, 1.82) is 5.26 Å². The largest absolute Gasteiger partial charge is 0.463 e. The van der Waals surface area contributed by atoms with E-state index in [1.165, 1.54) is 23.1 Å². The van der Waals surface area contributed by atoms with E-state index in [0.29, 0.717) is 21.9 Å². The van der Waals surface area contributed by atoms with Gasteiger partial charge in [-0.3, -0.25) is 4.79 Å². The van der Waals surface area contributed by atoms with Gasteiger partial charge in [0.15, 0.2) is 0 Å². The number of hydrogen-bond donors (Lipinski definition) is 1. The van der Waals surface area contributed by atoms with E-state index in [9.17, 15) is 14.9 Å². The van der Waals surface area contributed by atoms with Crippen molar-refractivity contribution in [2.75, 3.05) is 12.4 Å². The molecule has 1 aliphatic rings. The third-order valence-corrected chi connectivity index (χ3v) is 5.65. The normalized spacial score (nSPS) is 17.1. The van der Waals surface area contributed by atoms with Crippen molar-refractivity contribution in [1.82, 2.24) is 5.32 Å². The summed E-state index contributed by atoms with van der Waals surface area (Å²) in [5.74, 6) is -1.28. The Morgan fingerprint density at radius 3 is 2.64 bits per heavy atom. The summed E-state index contributed by atoms with van der Waals surface area (Å²) in [6.45, 7) is 9.18. The van der Waals surface area contributed by atoms with Crippen LogP contribution in [-0.2, 0) is 19.1 Å². The third kappa shape index (κ3) is 5.40. The highest BCUT2D eigenvalue weighted by Gasteiger charge is 2.36. The third-order valence-electron chi connectivity index (χ3n) is 3.72. The molecule has 1 aromatic rings. The van der Waals surface area contributed by atoms with Crippen molar-refractivity contribution in [2.24, 2.45) is 0 Å². The van der Waals surface area contributed by atoms with E-state index in [4.69, 9.17) is 9.47 Å². The molecule has 0 unspecified atom stereocenters. The zero-order valence-corrected chi connectivity index (χ0v) is 18.3. The summed E-state index contributed by atoms with van der Waals surface area (Å²) in [4.78, 5) is 25.5. The van der Waals surface area contributed by atoms with Crippen LogP contribution in [0.1, 0.15) is 45.4 Å². The highest BCUT2D eigenvalue weighted by atomic mass is 32.2. The summed E-state index contributed by atoms with van der Waals surface area (Å²) in [6, 6.07) is 5.99. The average molecular weight is 421 g/mol. The fraction of sp³-hybridized carbons (Fsp3) is 0.450. The number of allylic oxidation sites excluding steroid dienone is 2. The lowest BCUT2D eigenvalue weighted by Crippen LogP contribution is -2.29. The Balaban J connectivity index is 2.36. The number of carbonyl (C=O) groups excluding carboxylic acids is 2. The number of rotatable bonds is 6. The summed E-state index contributed by atoms with van der Waals surface area (Å²) < 4.78 is 10.6. The van der Waals surface area contributed by atoms with Crippen LogP contribution in [0.25, 0.3) is 0 Å². The maximum atomic E-state index is 12.6. The lowest BCUT2D eigenvalue weighted by atomic mass is 9.87. The maximum absolute atomic E-state index is 12.6. The van der Waals surface area contributed by atoms with E-state index in [1.54, 1.807) is 34.6 Å². The minimum absolute atomic E-state index is 0.0595. The molecule has 0 amide bonds. The van der Waals surface area contributed by atoms with Crippen LogP contribution in [0.3, 0.4) is 0 Å². The maximum Gasteiger partial charge on any atom is 0.336 e. The second-order valence-electron chi connectivity index (χ2n) is 7.06. The second-order valence-corrected chi connectivity index (χ2v) is 9.03.